The summed E-state index contributed by atoms with van der Waals surface area (Å²) in [6, 6.07) is 6.90. The van der Waals surface area contributed by atoms with Crippen LogP contribution in [0.15, 0.2) is 29.6 Å². The molecule has 3 rings (SSSR count). The van der Waals surface area contributed by atoms with E-state index >= 15 is 0 Å². The number of rotatable bonds is 2. The summed E-state index contributed by atoms with van der Waals surface area (Å²) in [5, 5.41) is 3.10. The lowest BCUT2D eigenvalue weighted by Gasteiger charge is -2.36. The van der Waals surface area contributed by atoms with E-state index in [1.54, 1.807) is 35.2 Å². The Morgan fingerprint density at radius 2 is 2.17 bits per heavy atom. The van der Waals surface area contributed by atoms with E-state index in [1.807, 2.05) is 18.2 Å². The Labute approximate surface area is 143 Å². The molecule has 5 nitrogen and oxygen atoms in total. The Balaban J connectivity index is 1.83. The largest absolute Gasteiger partial charge is 0.342 e. The molecule has 23 heavy (non-hydrogen) atoms. The average molecular weight is 350 g/mol. The fraction of sp³-hybridized carbons (Fsp3) is 0.312. The van der Waals surface area contributed by atoms with Crippen molar-refractivity contribution in [2.24, 2.45) is 0 Å². The predicted octanol–water partition coefficient (Wildman–Crippen LogP) is 2.77. The van der Waals surface area contributed by atoms with E-state index in [9.17, 15) is 9.59 Å². The summed E-state index contributed by atoms with van der Waals surface area (Å²) in [5.74, 6) is -0.252. The monoisotopic (exact) mass is 349 g/mol. The van der Waals surface area contributed by atoms with Crippen molar-refractivity contribution < 1.29 is 9.59 Å². The highest BCUT2D eigenvalue weighted by Crippen LogP contribution is 2.27. The Hall–Kier alpha value is -1.92. The topological polar surface area (TPSA) is 53.5 Å². The van der Waals surface area contributed by atoms with Crippen molar-refractivity contribution in [2.45, 2.75) is 13.0 Å². The van der Waals surface area contributed by atoms with Gasteiger partial charge in [-0.1, -0.05) is 23.7 Å². The molecule has 0 bridgehead atoms. The second-order valence-electron chi connectivity index (χ2n) is 5.48. The molecule has 1 unspecified atom stereocenters. The van der Waals surface area contributed by atoms with E-state index in [1.165, 1.54) is 11.3 Å². The predicted molar refractivity (Wildman–Crippen MR) is 90.7 cm³/mol. The summed E-state index contributed by atoms with van der Waals surface area (Å²) < 4.78 is 0. The number of carbonyl (C=O) groups is 2. The van der Waals surface area contributed by atoms with Crippen molar-refractivity contribution in [3.8, 4) is 10.6 Å². The minimum absolute atomic E-state index is 0.0464. The highest BCUT2D eigenvalue weighted by atomic mass is 35.5. The Bertz CT molecular complexity index is 761. The molecule has 0 radical (unpaired) electrons. The minimum Gasteiger partial charge on any atom is -0.342 e. The number of amides is 2. The smallest absolute Gasteiger partial charge is 0.274 e. The van der Waals surface area contributed by atoms with Gasteiger partial charge in [0.2, 0.25) is 5.91 Å². The van der Waals surface area contributed by atoms with Crippen molar-refractivity contribution in [1.82, 2.24) is 14.8 Å². The van der Waals surface area contributed by atoms with Crippen molar-refractivity contribution in [3.05, 3.63) is 40.4 Å². The number of aromatic nitrogens is 1. The van der Waals surface area contributed by atoms with E-state index in [2.05, 4.69) is 4.98 Å². The van der Waals surface area contributed by atoms with Crippen LogP contribution in [-0.2, 0) is 4.79 Å². The van der Waals surface area contributed by atoms with Gasteiger partial charge in [0.05, 0.1) is 0 Å². The maximum Gasteiger partial charge on any atom is 0.274 e. The molecule has 0 saturated carbocycles. The van der Waals surface area contributed by atoms with Gasteiger partial charge < -0.3 is 9.80 Å². The van der Waals surface area contributed by atoms with E-state index in [4.69, 9.17) is 11.6 Å². The Kier molecular flexibility index (Phi) is 4.37. The highest BCUT2D eigenvalue weighted by molar-refractivity contribution is 7.13. The van der Waals surface area contributed by atoms with Gasteiger partial charge in [0.1, 0.15) is 16.7 Å². The number of halogens is 1. The lowest BCUT2D eigenvalue weighted by molar-refractivity contribution is -0.137. The number of likely N-dealkylation sites (N-methyl/N-ethyl adjacent to an activating group) is 1. The number of hydrogen-bond acceptors (Lipinski definition) is 4. The third-order valence-electron chi connectivity index (χ3n) is 3.93. The first-order chi connectivity index (χ1) is 11.0. The molecule has 1 atom stereocenters. The number of carbonyl (C=O) groups excluding carboxylic acids is 2. The molecule has 0 aliphatic carbocycles. The summed E-state index contributed by atoms with van der Waals surface area (Å²) >= 11 is 7.39. The second kappa shape index (κ2) is 6.29. The van der Waals surface area contributed by atoms with Gasteiger partial charge in [0, 0.05) is 36.1 Å². The zero-order valence-corrected chi connectivity index (χ0v) is 14.4. The van der Waals surface area contributed by atoms with Gasteiger partial charge in [-0.2, -0.15) is 0 Å². The van der Waals surface area contributed by atoms with Gasteiger partial charge in [-0.3, -0.25) is 9.59 Å². The molecule has 2 aromatic rings. The van der Waals surface area contributed by atoms with E-state index in [-0.39, 0.29) is 11.8 Å². The fourth-order valence-corrected chi connectivity index (χ4v) is 3.55. The van der Waals surface area contributed by atoms with E-state index in [0.717, 1.165) is 10.6 Å². The van der Waals surface area contributed by atoms with Gasteiger partial charge in [0.15, 0.2) is 0 Å². The van der Waals surface area contributed by atoms with Gasteiger partial charge in [-0.25, -0.2) is 4.98 Å². The maximum absolute atomic E-state index is 12.6. The lowest BCUT2D eigenvalue weighted by Crippen LogP contribution is -2.56. The van der Waals surface area contributed by atoms with Crippen LogP contribution >= 0.6 is 22.9 Å². The number of thiazole rings is 1. The summed E-state index contributed by atoms with van der Waals surface area (Å²) in [5.41, 5.74) is 1.25. The molecule has 2 amide bonds. The molecular formula is C16H16ClN3O2S. The van der Waals surface area contributed by atoms with Crippen LogP contribution in [-0.4, -0.2) is 52.8 Å². The second-order valence-corrected chi connectivity index (χ2v) is 6.78. The van der Waals surface area contributed by atoms with Gasteiger partial charge >= 0.3 is 0 Å². The molecule has 7 heteroatoms. The third kappa shape index (κ3) is 3.09. The SMILES string of the molecule is CC1C(=O)N(C)CCN1C(=O)c1csc(-c2cccc(Cl)c2)n1. The molecule has 1 fully saturated rings. The normalized spacial score (nSPS) is 18.4. The molecule has 1 aromatic heterocycles. The summed E-state index contributed by atoms with van der Waals surface area (Å²) in [6.07, 6.45) is 0. The van der Waals surface area contributed by atoms with Crippen molar-refractivity contribution >= 4 is 34.8 Å². The molecule has 120 valence electrons. The van der Waals surface area contributed by atoms with Crippen LogP contribution in [0.5, 0.6) is 0 Å². The van der Waals surface area contributed by atoms with Crippen LogP contribution < -0.4 is 0 Å². The molecule has 1 aliphatic heterocycles. The zero-order valence-electron chi connectivity index (χ0n) is 12.8. The van der Waals surface area contributed by atoms with Crippen molar-refractivity contribution in [2.75, 3.05) is 20.1 Å². The standard InChI is InChI=1S/C16H16ClN3O2S/c1-10-15(21)19(2)6-7-20(10)16(22)13-9-23-14(18-13)11-4-3-5-12(17)8-11/h3-5,8-10H,6-7H2,1-2H3. The van der Waals surface area contributed by atoms with Crippen LogP contribution in [0.1, 0.15) is 17.4 Å². The number of nitrogens with zero attached hydrogens (tertiary/aromatic N) is 3. The molecule has 1 aromatic carbocycles. The molecule has 0 N–H and O–H groups in total. The van der Waals surface area contributed by atoms with Gasteiger partial charge in [-0.15, -0.1) is 11.3 Å². The van der Waals surface area contributed by atoms with Crippen molar-refractivity contribution in [3.63, 3.8) is 0 Å². The maximum atomic E-state index is 12.6. The number of piperazine rings is 1. The Morgan fingerprint density at radius 1 is 1.39 bits per heavy atom. The molecule has 0 spiro atoms. The first-order valence-electron chi connectivity index (χ1n) is 7.25. The quantitative estimate of drug-likeness (QED) is 0.837. The fourth-order valence-electron chi connectivity index (χ4n) is 2.56. The van der Waals surface area contributed by atoms with Gasteiger partial charge in [-0.05, 0) is 19.1 Å². The van der Waals surface area contributed by atoms with E-state index in [0.29, 0.717) is 23.8 Å². The average Bonchev–Trinajstić information content (AvgIpc) is 3.02. The molecule has 2 heterocycles. The molecule has 1 aliphatic rings. The highest BCUT2D eigenvalue weighted by Gasteiger charge is 2.33. The third-order valence-corrected chi connectivity index (χ3v) is 5.06. The first-order valence-corrected chi connectivity index (χ1v) is 8.50. The lowest BCUT2D eigenvalue weighted by atomic mass is 10.1. The van der Waals surface area contributed by atoms with Crippen molar-refractivity contribution in [1.29, 1.82) is 0 Å². The number of hydrogen-bond donors (Lipinski definition) is 0. The van der Waals surface area contributed by atoms with Crippen LogP contribution in [0, 0.1) is 0 Å². The minimum atomic E-state index is -0.461. The van der Waals surface area contributed by atoms with E-state index < -0.39 is 6.04 Å². The van der Waals surface area contributed by atoms with Crippen LogP contribution in [0.2, 0.25) is 5.02 Å². The number of benzene rings is 1. The Morgan fingerprint density at radius 3 is 2.91 bits per heavy atom. The molecular weight excluding hydrogens is 334 g/mol. The zero-order chi connectivity index (χ0) is 16.6. The van der Waals surface area contributed by atoms with Gasteiger partial charge in [0.25, 0.3) is 5.91 Å². The summed E-state index contributed by atoms with van der Waals surface area (Å²) in [4.78, 5) is 32.3. The first kappa shape index (κ1) is 16.0. The summed E-state index contributed by atoms with van der Waals surface area (Å²) in [6.45, 7) is 2.81. The summed E-state index contributed by atoms with van der Waals surface area (Å²) in [7, 11) is 1.75. The van der Waals surface area contributed by atoms with Crippen LogP contribution in [0.25, 0.3) is 10.6 Å². The van der Waals surface area contributed by atoms with Crippen LogP contribution in [0.4, 0.5) is 0 Å². The molecule has 1 saturated heterocycles. The van der Waals surface area contributed by atoms with Crippen LogP contribution in [0.3, 0.4) is 0 Å².